The molecule has 1 aliphatic rings. The number of amides is 1. The molecule has 1 N–H and O–H groups in total. The van der Waals surface area contributed by atoms with Gasteiger partial charge in [0.05, 0.1) is 11.6 Å². The van der Waals surface area contributed by atoms with Crippen LogP contribution in [0.25, 0.3) is 0 Å². The Kier molecular flexibility index (Phi) is 6.24. The van der Waals surface area contributed by atoms with Gasteiger partial charge in [0.25, 0.3) is 0 Å². The highest BCUT2D eigenvalue weighted by atomic mass is 19.4. The number of hydrogen-bond acceptors (Lipinski definition) is 3. The number of ether oxygens (including phenoxy) is 1. The summed E-state index contributed by atoms with van der Waals surface area (Å²) in [6.07, 6.45) is -2.44. The van der Waals surface area contributed by atoms with Crippen molar-refractivity contribution in [3.63, 3.8) is 0 Å². The van der Waals surface area contributed by atoms with Crippen LogP contribution in [0.3, 0.4) is 0 Å². The fourth-order valence-corrected chi connectivity index (χ4v) is 3.25. The summed E-state index contributed by atoms with van der Waals surface area (Å²) in [5, 5.41) is 2.95. The van der Waals surface area contributed by atoms with E-state index < -0.39 is 11.7 Å². The van der Waals surface area contributed by atoms with Gasteiger partial charge in [0.1, 0.15) is 12.4 Å². The Balaban J connectivity index is 1.52. The molecule has 0 spiro atoms. The summed E-state index contributed by atoms with van der Waals surface area (Å²) in [7, 11) is 1.95. The Morgan fingerprint density at radius 3 is 2.57 bits per heavy atom. The zero-order chi connectivity index (χ0) is 20.1. The first-order valence-electron chi connectivity index (χ1n) is 9.19. The fraction of sp³-hybridized carbons (Fsp3) is 0.381. The lowest BCUT2D eigenvalue weighted by atomic mass is 10.1. The maximum Gasteiger partial charge on any atom is 0.416 e. The van der Waals surface area contributed by atoms with Gasteiger partial charge in [0.2, 0.25) is 5.91 Å². The molecule has 1 heterocycles. The number of nitrogens with zero attached hydrogens (tertiary/aromatic N) is 1. The predicted molar refractivity (Wildman–Crippen MR) is 99.7 cm³/mol. The van der Waals surface area contributed by atoms with Crippen molar-refractivity contribution in [2.75, 3.05) is 13.6 Å². The van der Waals surface area contributed by atoms with Gasteiger partial charge in [-0.3, -0.25) is 9.69 Å². The van der Waals surface area contributed by atoms with Crippen LogP contribution in [0, 0.1) is 0 Å². The van der Waals surface area contributed by atoms with Crippen LogP contribution in [0.1, 0.15) is 29.5 Å². The lowest BCUT2D eigenvalue weighted by Gasteiger charge is -2.18. The number of alkyl halides is 3. The quantitative estimate of drug-likeness (QED) is 0.808. The topological polar surface area (TPSA) is 41.6 Å². The Bertz CT molecular complexity index is 806. The Morgan fingerprint density at radius 2 is 1.93 bits per heavy atom. The summed E-state index contributed by atoms with van der Waals surface area (Å²) >= 11 is 0. The van der Waals surface area contributed by atoms with E-state index in [9.17, 15) is 18.0 Å². The van der Waals surface area contributed by atoms with Crippen LogP contribution in [-0.4, -0.2) is 30.4 Å². The lowest BCUT2D eigenvalue weighted by molar-refractivity contribution is -0.137. The number of likely N-dealkylation sites (N-methyl/N-ethyl adjacent to an activating group) is 1. The van der Waals surface area contributed by atoms with Gasteiger partial charge in [0.15, 0.2) is 0 Å². The van der Waals surface area contributed by atoms with Crippen LogP contribution in [0.4, 0.5) is 13.2 Å². The number of carbonyl (C=O) groups is 1. The average molecular weight is 392 g/mol. The highest BCUT2D eigenvalue weighted by Gasteiger charge is 2.30. The molecule has 7 heteroatoms. The van der Waals surface area contributed by atoms with Crippen LogP contribution in [0.5, 0.6) is 5.75 Å². The van der Waals surface area contributed by atoms with Crippen molar-refractivity contribution >= 4 is 5.91 Å². The van der Waals surface area contributed by atoms with Gasteiger partial charge in [0, 0.05) is 6.54 Å². The number of benzene rings is 2. The van der Waals surface area contributed by atoms with Gasteiger partial charge in [-0.2, -0.15) is 13.2 Å². The zero-order valence-corrected chi connectivity index (χ0v) is 15.6. The summed E-state index contributed by atoms with van der Waals surface area (Å²) in [4.78, 5) is 14.3. The molecule has 3 rings (SSSR count). The van der Waals surface area contributed by atoms with E-state index in [1.807, 2.05) is 25.2 Å². The first-order chi connectivity index (χ1) is 13.3. The molecule has 1 unspecified atom stereocenters. The highest BCUT2D eigenvalue weighted by molar-refractivity contribution is 5.81. The molecule has 0 aliphatic carbocycles. The molecule has 150 valence electrons. The van der Waals surface area contributed by atoms with Gasteiger partial charge >= 0.3 is 6.18 Å². The largest absolute Gasteiger partial charge is 0.489 e. The van der Waals surface area contributed by atoms with E-state index in [2.05, 4.69) is 10.2 Å². The number of halogens is 3. The molecular weight excluding hydrogens is 369 g/mol. The minimum absolute atomic E-state index is 0.0241. The number of rotatable bonds is 6. The lowest BCUT2D eigenvalue weighted by Crippen LogP contribution is -2.41. The summed E-state index contributed by atoms with van der Waals surface area (Å²) in [6, 6.07) is 12.2. The predicted octanol–water partition coefficient (Wildman–Crippen LogP) is 3.99. The monoisotopic (exact) mass is 392 g/mol. The van der Waals surface area contributed by atoms with Crippen LogP contribution < -0.4 is 10.1 Å². The van der Waals surface area contributed by atoms with Crippen LogP contribution >= 0.6 is 0 Å². The molecule has 0 bridgehead atoms. The summed E-state index contributed by atoms with van der Waals surface area (Å²) in [5.41, 5.74) is 0.872. The second-order valence-electron chi connectivity index (χ2n) is 6.99. The smallest absolute Gasteiger partial charge is 0.416 e. The fourth-order valence-electron chi connectivity index (χ4n) is 3.25. The van der Waals surface area contributed by atoms with E-state index in [0.29, 0.717) is 17.9 Å². The van der Waals surface area contributed by atoms with Crippen molar-refractivity contribution < 1.29 is 22.7 Å². The standard InChI is InChI=1S/C21H23F3N2O2/c1-26-11-3-6-19(26)20(27)25-13-16-4-2-5-18(12-16)28-14-15-7-9-17(10-8-15)21(22,23)24/h2,4-5,7-10,12,19H,3,6,11,13-14H2,1H3,(H,25,27). The molecule has 1 fully saturated rings. The maximum atomic E-state index is 12.6. The minimum Gasteiger partial charge on any atom is -0.489 e. The first-order valence-corrected chi connectivity index (χ1v) is 9.19. The first kappa shape index (κ1) is 20.2. The number of nitrogens with one attached hydrogen (secondary N) is 1. The second-order valence-corrected chi connectivity index (χ2v) is 6.99. The molecule has 28 heavy (non-hydrogen) atoms. The van der Waals surface area contributed by atoms with Crippen LogP contribution in [0.15, 0.2) is 48.5 Å². The van der Waals surface area contributed by atoms with Crippen molar-refractivity contribution in [1.82, 2.24) is 10.2 Å². The van der Waals surface area contributed by atoms with Gasteiger partial charge in [-0.1, -0.05) is 24.3 Å². The average Bonchev–Trinajstić information content (AvgIpc) is 3.10. The van der Waals surface area contributed by atoms with Gasteiger partial charge < -0.3 is 10.1 Å². The third kappa shape index (κ3) is 5.25. The Labute approximate surface area is 162 Å². The zero-order valence-electron chi connectivity index (χ0n) is 15.6. The molecular formula is C21H23F3N2O2. The van der Waals surface area contributed by atoms with Crippen molar-refractivity contribution in [2.24, 2.45) is 0 Å². The van der Waals surface area contributed by atoms with E-state index in [1.54, 1.807) is 6.07 Å². The van der Waals surface area contributed by atoms with E-state index in [0.717, 1.165) is 37.1 Å². The molecule has 0 aromatic heterocycles. The van der Waals surface area contributed by atoms with E-state index in [-0.39, 0.29) is 18.6 Å². The maximum absolute atomic E-state index is 12.6. The third-order valence-corrected chi connectivity index (χ3v) is 4.88. The summed E-state index contributed by atoms with van der Waals surface area (Å²) in [6.45, 7) is 1.51. The van der Waals surface area contributed by atoms with Crippen LogP contribution in [-0.2, 0) is 24.1 Å². The van der Waals surface area contributed by atoms with Gasteiger partial charge in [-0.15, -0.1) is 0 Å². The second kappa shape index (κ2) is 8.65. The molecule has 1 aliphatic heterocycles. The third-order valence-electron chi connectivity index (χ3n) is 4.88. The molecule has 2 aromatic rings. The summed E-state index contributed by atoms with van der Waals surface area (Å²) < 4.78 is 43.5. The Morgan fingerprint density at radius 1 is 1.18 bits per heavy atom. The molecule has 1 saturated heterocycles. The number of hydrogen-bond donors (Lipinski definition) is 1. The molecule has 2 aromatic carbocycles. The van der Waals surface area contributed by atoms with Crippen molar-refractivity contribution in [3.05, 3.63) is 65.2 Å². The van der Waals surface area contributed by atoms with Crippen molar-refractivity contribution in [2.45, 2.75) is 38.2 Å². The highest BCUT2D eigenvalue weighted by Crippen LogP contribution is 2.29. The van der Waals surface area contributed by atoms with Gasteiger partial charge in [-0.25, -0.2) is 0 Å². The number of carbonyl (C=O) groups excluding carboxylic acids is 1. The van der Waals surface area contributed by atoms with Crippen molar-refractivity contribution in [3.8, 4) is 5.75 Å². The summed E-state index contributed by atoms with van der Waals surface area (Å²) in [5.74, 6) is 0.626. The van der Waals surface area contributed by atoms with E-state index in [4.69, 9.17) is 4.74 Å². The van der Waals surface area contributed by atoms with Crippen molar-refractivity contribution in [1.29, 1.82) is 0 Å². The van der Waals surface area contributed by atoms with E-state index in [1.165, 1.54) is 12.1 Å². The minimum atomic E-state index is -4.34. The molecule has 0 saturated carbocycles. The Hall–Kier alpha value is -2.54. The van der Waals surface area contributed by atoms with E-state index >= 15 is 0 Å². The van der Waals surface area contributed by atoms with Crippen LogP contribution in [0.2, 0.25) is 0 Å². The molecule has 1 amide bonds. The molecule has 0 radical (unpaired) electrons. The molecule has 1 atom stereocenters. The number of likely N-dealkylation sites (tertiary alicyclic amines) is 1. The SMILES string of the molecule is CN1CCCC1C(=O)NCc1cccc(OCc2ccc(C(F)(F)F)cc2)c1. The normalized spacial score (nSPS) is 17.5. The molecule has 4 nitrogen and oxygen atoms in total. The van der Waals surface area contributed by atoms with Gasteiger partial charge in [-0.05, 0) is 61.8 Å².